The predicted octanol–water partition coefficient (Wildman–Crippen LogP) is 3.42. The largest absolute Gasteiger partial charge is 0.497 e. The van der Waals surface area contributed by atoms with Gasteiger partial charge in [-0.25, -0.2) is 0 Å². The van der Waals surface area contributed by atoms with Gasteiger partial charge in [-0.05, 0) is 41.6 Å². The number of halogens is 1. The fourth-order valence-electron chi connectivity index (χ4n) is 3.42. The third kappa shape index (κ3) is 7.13. The zero-order valence-corrected chi connectivity index (χ0v) is 20.5. The third-order valence-corrected chi connectivity index (χ3v) is 5.82. The molecule has 29 heavy (non-hydrogen) atoms. The summed E-state index contributed by atoms with van der Waals surface area (Å²) in [7, 11) is 3.50. The summed E-state index contributed by atoms with van der Waals surface area (Å²) in [6, 6.07) is 10.9. The van der Waals surface area contributed by atoms with Crippen molar-refractivity contribution in [2.24, 2.45) is 4.99 Å². The van der Waals surface area contributed by atoms with Gasteiger partial charge in [0.25, 0.3) is 0 Å². The van der Waals surface area contributed by atoms with E-state index in [0.717, 1.165) is 44.6 Å². The minimum Gasteiger partial charge on any atom is -0.497 e. The maximum atomic E-state index is 5.53. The van der Waals surface area contributed by atoms with Crippen molar-refractivity contribution >= 4 is 41.3 Å². The Morgan fingerprint density at radius 3 is 2.72 bits per heavy atom. The number of ether oxygens (including phenoxy) is 2. The summed E-state index contributed by atoms with van der Waals surface area (Å²) in [5.74, 6) is 1.68. The quantitative estimate of drug-likeness (QED) is 0.327. The molecule has 6 nitrogen and oxygen atoms in total. The molecule has 1 aromatic carbocycles. The van der Waals surface area contributed by atoms with E-state index in [-0.39, 0.29) is 24.0 Å². The average molecular weight is 530 g/mol. The molecule has 1 aliphatic heterocycles. The lowest BCUT2D eigenvalue weighted by Crippen LogP contribution is -2.46. The summed E-state index contributed by atoms with van der Waals surface area (Å²) in [6.07, 6.45) is 0. The number of aliphatic imine (C=N–C) groups is 1. The summed E-state index contributed by atoms with van der Waals surface area (Å²) in [5.41, 5.74) is 2.35. The molecule has 1 unspecified atom stereocenters. The second-order valence-electron chi connectivity index (χ2n) is 6.84. The van der Waals surface area contributed by atoms with E-state index in [9.17, 15) is 0 Å². The monoisotopic (exact) mass is 530 g/mol. The molecule has 8 heteroatoms. The van der Waals surface area contributed by atoms with E-state index in [1.54, 1.807) is 25.5 Å². The van der Waals surface area contributed by atoms with Crippen molar-refractivity contribution in [3.8, 4) is 5.75 Å². The van der Waals surface area contributed by atoms with Crippen molar-refractivity contribution in [2.75, 3.05) is 47.0 Å². The zero-order valence-electron chi connectivity index (χ0n) is 17.3. The highest BCUT2D eigenvalue weighted by Crippen LogP contribution is 2.25. The van der Waals surface area contributed by atoms with Crippen LogP contribution in [0.1, 0.15) is 22.0 Å². The normalized spacial score (nSPS) is 16.0. The number of nitrogens with zero attached hydrogens (tertiary/aromatic N) is 2. The van der Waals surface area contributed by atoms with Crippen molar-refractivity contribution in [3.63, 3.8) is 0 Å². The number of hydrogen-bond acceptors (Lipinski definition) is 5. The van der Waals surface area contributed by atoms with Gasteiger partial charge in [-0.2, -0.15) is 0 Å². The van der Waals surface area contributed by atoms with Gasteiger partial charge in [0.2, 0.25) is 0 Å². The SMILES string of the molecule is CN=C(NCc1cc(C)cc(OC)c1)NCC(c1cccs1)N1CCOCC1.I. The van der Waals surface area contributed by atoms with Crippen LogP contribution < -0.4 is 15.4 Å². The van der Waals surface area contributed by atoms with E-state index < -0.39 is 0 Å². The van der Waals surface area contributed by atoms with E-state index in [2.05, 4.69) is 57.1 Å². The average Bonchev–Trinajstić information content (AvgIpc) is 3.25. The molecule has 1 aliphatic rings. The van der Waals surface area contributed by atoms with E-state index in [4.69, 9.17) is 9.47 Å². The molecule has 160 valence electrons. The molecule has 0 spiro atoms. The Bertz CT molecular complexity index is 764. The Labute approximate surface area is 194 Å². The molecule has 2 N–H and O–H groups in total. The smallest absolute Gasteiger partial charge is 0.191 e. The van der Waals surface area contributed by atoms with Gasteiger partial charge >= 0.3 is 0 Å². The molecule has 3 rings (SSSR count). The molecule has 1 aromatic heterocycles. The molecule has 2 heterocycles. The topological polar surface area (TPSA) is 58.1 Å². The molecule has 0 saturated carbocycles. The highest BCUT2D eigenvalue weighted by molar-refractivity contribution is 14.0. The number of rotatable bonds is 7. The lowest BCUT2D eigenvalue weighted by molar-refractivity contribution is 0.0177. The first-order valence-corrected chi connectivity index (χ1v) is 10.5. The predicted molar refractivity (Wildman–Crippen MR) is 131 cm³/mol. The summed E-state index contributed by atoms with van der Waals surface area (Å²) >= 11 is 1.80. The summed E-state index contributed by atoms with van der Waals surface area (Å²) < 4.78 is 10.9. The number of thiophene rings is 1. The van der Waals surface area contributed by atoms with E-state index >= 15 is 0 Å². The van der Waals surface area contributed by atoms with Crippen molar-refractivity contribution < 1.29 is 9.47 Å². The molecule has 0 aliphatic carbocycles. The molecular formula is C21H31IN4O2S. The van der Waals surface area contributed by atoms with Gasteiger partial charge in [0.15, 0.2) is 5.96 Å². The fourth-order valence-corrected chi connectivity index (χ4v) is 4.28. The fraction of sp³-hybridized carbons (Fsp3) is 0.476. The van der Waals surface area contributed by atoms with E-state index in [0.29, 0.717) is 12.6 Å². The van der Waals surface area contributed by atoms with Gasteiger partial charge in [0.1, 0.15) is 5.75 Å². The summed E-state index contributed by atoms with van der Waals surface area (Å²) in [6.45, 7) is 7.08. The highest BCUT2D eigenvalue weighted by atomic mass is 127. The second kappa shape index (κ2) is 12.4. The molecule has 0 radical (unpaired) electrons. The summed E-state index contributed by atoms with van der Waals surface area (Å²) in [4.78, 5) is 8.25. The Hall–Kier alpha value is -1.36. The maximum absolute atomic E-state index is 5.53. The molecule has 1 atom stereocenters. The van der Waals surface area contributed by atoms with Crippen LogP contribution in [0.2, 0.25) is 0 Å². The molecule has 1 fully saturated rings. The van der Waals surface area contributed by atoms with Crippen LogP contribution in [0.5, 0.6) is 5.75 Å². The first-order valence-electron chi connectivity index (χ1n) is 9.64. The van der Waals surface area contributed by atoms with Gasteiger partial charge in [0.05, 0.1) is 26.4 Å². The number of benzene rings is 1. The molecule has 1 saturated heterocycles. The van der Waals surface area contributed by atoms with Crippen LogP contribution in [0.3, 0.4) is 0 Å². The van der Waals surface area contributed by atoms with Crippen LogP contribution in [-0.4, -0.2) is 57.9 Å². The molecule has 0 bridgehead atoms. The maximum Gasteiger partial charge on any atom is 0.191 e. The Morgan fingerprint density at radius 1 is 1.28 bits per heavy atom. The van der Waals surface area contributed by atoms with Crippen LogP contribution in [-0.2, 0) is 11.3 Å². The van der Waals surface area contributed by atoms with Crippen LogP contribution >= 0.6 is 35.3 Å². The van der Waals surface area contributed by atoms with Gasteiger partial charge in [-0.15, -0.1) is 35.3 Å². The van der Waals surface area contributed by atoms with Gasteiger partial charge < -0.3 is 20.1 Å². The van der Waals surface area contributed by atoms with Crippen LogP contribution in [0, 0.1) is 6.92 Å². The molecular weight excluding hydrogens is 499 g/mol. The Balaban J connectivity index is 0.00000300. The van der Waals surface area contributed by atoms with Gasteiger partial charge in [-0.3, -0.25) is 9.89 Å². The number of morpholine rings is 1. The van der Waals surface area contributed by atoms with Crippen LogP contribution in [0.25, 0.3) is 0 Å². The third-order valence-electron chi connectivity index (χ3n) is 4.85. The standard InChI is InChI=1S/C21H30N4O2S.HI/c1-16-11-17(13-18(12-16)26-3)14-23-21(22-2)24-15-19(20-5-4-10-28-20)25-6-8-27-9-7-25;/h4-5,10-13,19H,6-9,14-15H2,1-3H3,(H2,22,23,24);1H. The van der Waals surface area contributed by atoms with E-state index in [1.165, 1.54) is 16.0 Å². The zero-order chi connectivity index (χ0) is 19.8. The minimum absolute atomic E-state index is 0. The van der Waals surface area contributed by atoms with Gasteiger partial charge in [0, 0.05) is 38.1 Å². The lowest BCUT2D eigenvalue weighted by atomic mass is 10.1. The van der Waals surface area contributed by atoms with E-state index in [1.807, 2.05) is 6.07 Å². The molecule has 0 amide bonds. The second-order valence-corrected chi connectivity index (χ2v) is 7.82. The van der Waals surface area contributed by atoms with Crippen LogP contribution in [0.15, 0.2) is 40.7 Å². The first kappa shape index (κ1) is 23.9. The Morgan fingerprint density at radius 2 is 2.07 bits per heavy atom. The number of hydrogen-bond donors (Lipinski definition) is 2. The summed E-state index contributed by atoms with van der Waals surface area (Å²) in [5, 5.41) is 9.05. The number of aryl methyl sites for hydroxylation is 1. The number of methoxy groups -OCH3 is 1. The lowest BCUT2D eigenvalue weighted by Gasteiger charge is -2.34. The van der Waals surface area contributed by atoms with Crippen LogP contribution in [0.4, 0.5) is 0 Å². The van der Waals surface area contributed by atoms with Crippen molar-refractivity contribution in [2.45, 2.75) is 19.5 Å². The van der Waals surface area contributed by atoms with Crippen molar-refractivity contribution in [1.29, 1.82) is 0 Å². The molecule has 2 aromatic rings. The minimum atomic E-state index is 0. The highest BCUT2D eigenvalue weighted by Gasteiger charge is 2.23. The number of guanidine groups is 1. The number of nitrogens with one attached hydrogen (secondary N) is 2. The van der Waals surface area contributed by atoms with Gasteiger partial charge in [-0.1, -0.05) is 12.1 Å². The van der Waals surface area contributed by atoms with Crippen molar-refractivity contribution in [3.05, 3.63) is 51.7 Å². The Kier molecular flexibility index (Phi) is 10.2. The first-order chi connectivity index (χ1) is 13.7. The van der Waals surface area contributed by atoms with Crippen molar-refractivity contribution in [1.82, 2.24) is 15.5 Å².